The number of ether oxygens (including phenoxy) is 2. The number of aromatic nitrogens is 3. The van der Waals surface area contributed by atoms with E-state index in [0.717, 1.165) is 57.1 Å². The van der Waals surface area contributed by atoms with Crippen molar-refractivity contribution in [3.8, 4) is 0 Å². The van der Waals surface area contributed by atoms with Crippen LogP contribution in [-0.4, -0.2) is 64.9 Å². The van der Waals surface area contributed by atoms with Crippen molar-refractivity contribution in [2.45, 2.75) is 42.8 Å². The van der Waals surface area contributed by atoms with Crippen LogP contribution in [0.3, 0.4) is 0 Å². The van der Waals surface area contributed by atoms with Crippen LogP contribution in [0, 0.1) is 0 Å². The zero-order valence-electron chi connectivity index (χ0n) is 17.0. The number of morpholine rings is 1. The topological polar surface area (TPSA) is 101 Å². The van der Waals surface area contributed by atoms with Crippen LogP contribution >= 0.6 is 11.8 Å². The van der Waals surface area contributed by atoms with E-state index < -0.39 is 5.25 Å². The Labute approximate surface area is 179 Å². The summed E-state index contributed by atoms with van der Waals surface area (Å²) in [6.45, 7) is 6.19. The summed E-state index contributed by atoms with van der Waals surface area (Å²) in [5, 5.41) is 9.59. The molecule has 4 rings (SSSR count). The summed E-state index contributed by atoms with van der Waals surface area (Å²) in [4.78, 5) is 27.0. The first-order valence-corrected chi connectivity index (χ1v) is 11.2. The van der Waals surface area contributed by atoms with Crippen LogP contribution in [0.2, 0.25) is 0 Å². The second kappa shape index (κ2) is 9.67. The van der Waals surface area contributed by atoms with Gasteiger partial charge in [-0.3, -0.25) is 9.36 Å². The van der Waals surface area contributed by atoms with Crippen molar-refractivity contribution in [3.05, 3.63) is 34.7 Å². The van der Waals surface area contributed by atoms with Crippen molar-refractivity contribution >= 4 is 29.0 Å². The van der Waals surface area contributed by atoms with Crippen LogP contribution in [0.15, 0.2) is 34.2 Å². The number of carbonyl (C=O) groups is 1. The lowest BCUT2D eigenvalue weighted by Gasteiger charge is -2.28. The standard InChI is InChI=1S/C20H27N5O4S/c1-14(30-20-23-22-19(27)25(20)13-17-3-2-10-29-17)18(26)21-15-4-6-16(7-5-15)24-8-11-28-12-9-24/h4-7,14,17H,2-3,8-13H2,1H3,(H,21,26)(H,22,27). The summed E-state index contributed by atoms with van der Waals surface area (Å²) in [6, 6.07) is 7.82. The van der Waals surface area contributed by atoms with Gasteiger partial charge in [0.25, 0.3) is 0 Å². The molecule has 3 heterocycles. The van der Waals surface area contributed by atoms with E-state index in [9.17, 15) is 9.59 Å². The summed E-state index contributed by atoms with van der Waals surface area (Å²) < 4.78 is 12.6. The maximum atomic E-state index is 12.7. The van der Waals surface area contributed by atoms with Crippen LogP contribution in [0.5, 0.6) is 0 Å². The second-order valence-electron chi connectivity index (χ2n) is 7.45. The normalized spacial score (nSPS) is 20.3. The Hall–Kier alpha value is -2.30. The molecule has 0 spiro atoms. The maximum Gasteiger partial charge on any atom is 0.344 e. The number of benzene rings is 1. The van der Waals surface area contributed by atoms with Crippen LogP contribution in [0.1, 0.15) is 19.8 Å². The second-order valence-corrected chi connectivity index (χ2v) is 8.76. The Morgan fingerprint density at radius 3 is 2.77 bits per heavy atom. The largest absolute Gasteiger partial charge is 0.378 e. The Morgan fingerprint density at radius 1 is 1.30 bits per heavy atom. The van der Waals surface area contributed by atoms with Gasteiger partial charge in [-0.05, 0) is 44.0 Å². The third kappa shape index (κ3) is 5.05. The maximum absolute atomic E-state index is 12.7. The highest BCUT2D eigenvalue weighted by Crippen LogP contribution is 2.24. The van der Waals surface area contributed by atoms with E-state index in [4.69, 9.17) is 9.47 Å². The first kappa shape index (κ1) is 21.0. The van der Waals surface area contributed by atoms with Gasteiger partial charge in [0.1, 0.15) is 0 Å². The van der Waals surface area contributed by atoms with Crippen LogP contribution in [0.25, 0.3) is 0 Å². The minimum atomic E-state index is -0.414. The summed E-state index contributed by atoms with van der Waals surface area (Å²) in [6.07, 6.45) is 1.95. The molecule has 0 radical (unpaired) electrons. The smallest absolute Gasteiger partial charge is 0.344 e. The molecule has 162 valence electrons. The molecule has 9 nitrogen and oxygen atoms in total. The number of nitrogens with zero attached hydrogens (tertiary/aromatic N) is 3. The zero-order chi connectivity index (χ0) is 20.9. The number of nitrogens with one attached hydrogen (secondary N) is 2. The van der Waals surface area contributed by atoms with E-state index in [2.05, 4.69) is 20.4 Å². The van der Waals surface area contributed by atoms with Gasteiger partial charge in [-0.15, -0.1) is 5.10 Å². The number of hydrogen-bond donors (Lipinski definition) is 2. The SMILES string of the molecule is CC(Sc1n[nH]c(=O)n1CC1CCCO1)C(=O)Nc1ccc(N2CCOCC2)cc1. The van der Waals surface area contributed by atoms with Crippen molar-refractivity contribution in [1.29, 1.82) is 0 Å². The van der Waals surface area contributed by atoms with E-state index in [-0.39, 0.29) is 17.7 Å². The predicted molar refractivity (Wildman–Crippen MR) is 115 cm³/mol. The first-order chi connectivity index (χ1) is 14.6. The van der Waals surface area contributed by atoms with Crippen molar-refractivity contribution in [2.75, 3.05) is 43.1 Å². The minimum Gasteiger partial charge on any atom is -0.378 e. The Balaban J connectivity index is 1.34. The van der Waals surface area contributed by atoms with Gasteiger partial charge in [0.2, 0.25) is 5.91 Å². The highest BCUT2D eigenvalue weighted by molar-refractivity contribution is 8.00. The molecule has 2 atom stereocenters. The highest BCUT2D eigenvalue weighted by atomic mass is 32.2. The molecule has 2 aliphatic heterocycles. The van der Waals surface area contributed by atoms with Gasteiger partial charge in [0, 0.05) is 31.1 Å². The molecule has 30 heavy (non-hydrogen) atoms. The molecule has 0 saturated carbocycles. The average Bonchev–Trinajstić information content (AvgIpc) is 3.40. The Kier molecular flexibility index (Phi) is 6.76. The number of H-pyrrole nitrogens is 1. The van der Waals surface area contributed by atoms with Gasteiger partial charge in [-0.25, -0.2) is 9.89 Å². The summed E-state index contributed by atoms with van der Waals surface area (Å²) in [5.74, 6) is -0.141. The number of carbonyl (C=O) groups excluding carboxylic acids is 1. The monoisotopic (exact) mass is 433 g/mol. The van der Waals surface area contributed by atoms with E-state index in [1.165, 1.54) is 11.8 Å². The Morgan fingerprint density at radius 2 is 2.07 bits per heavy atom. The molecule has 2 aliphatic rings. The summed E-state index contributed by atoms with van der Waals surface area (Å²) in [5.41, 5.74) is 1.58. The molecule has 1 aromatic heterocycles. The average molecular weight is 434 g/mol. The van der Waals surface area contributed by atoms with Crippen molar-refractivity contribution < 1.29 is 14.3 Å². The number of rotatable bonds is 7. The molecular formula is C20H27N5O4S. The fraction of sp³-hybridized carbons (Fsp3) is 0.550. The lowest BCUT2D eigenvalue weighted by Crippen LogP contribution is -2.36. The van der Waals surface area contributed by atoms with Gasteiger partial charge in [-0.2, -0.15) is 0 Å². The molecular weight excluding hydrogens is 406 g/mol. The van der Waals surface area contributed by atoms with Gasteiger partial charge < -0.3 is 19.7 Å². The van der Waals surface area contributed by atoms with Crippen molar-refractivity contribution in [2.24, 2.45) is 0 Å². The lowest BCUT2D eigenvalue weighted by molar-refractivity contribution is -0.115. The van der Waals surface area contributed by atoms with Crippen molar-refractivity contribution in [1.82, 2.24) is 14.8 Å². The number of thioether (sulfide) groups is 1. The molecule has 1 amide bonds. The summed E-state index contributed by atoms with van der Waals surface area (Å²) >= 11 is 1.26. The predicted octanol–water partition coefficient (Wildman–Crippen LogP) is 1.71. The lowest BCUT2D eigenvalue weighted by atomic mass is 10.2. The first-order valence-electron chi connectivity index (χ1n) is 10.3. The molecule has 10 heteroatoms. The number of aromatic amines is 1. The fourth-order valence-electron chi connectivity index (χ4n) is 3.58. The number of anilines is 2. The zero-order valence-corrected chi connectivity index (χ0v) is 17.8. The quantitative estimate of drug-likeness (QED) is 0.641. The molecule has 1 aromatic carbocycles. The van der Waals surface area contributed by atoms with Gasteiger partial charge in [-0.1, -0.05) is 11.8 Å². The van der Waals surface area contributed by atoms with Crippen LogP contribution in [-0.2, 0) is 20.8 Å². The molecule has 2 aromatic rings. The number of hydrogen-bond acceptors (Lipinski definition) is 7. The van der Waals surface area contributed by atoms with Gasteiger partial charge in [0.05, 0.1) is 31.1 Å². The van der Waals surface area contributed by atoms with E-state index >= 15 is 0 Å². The molecule has 2 fully saturated rings. The third-order valence-electron chi connectivity index (χ3n) is 5.30. The Bertz CT molecular complexity index is 901. The van der Waals surface area contributed by atoms with Crippen LogP contribution in [0.4, 0.5) is 11.4 Å². The molecule has 2 saturated heterocycles. The molecule has 0 aliphatic carbocycles. The minimum absolute atomic E-state index is 0.0220. The third-order valence-corrected chi connectivity index (χ3v) is 6.39. The molecule has 2 N–H and O–H groups in total. The van der Waals surface area contributed by atoms with Crippen LogP contribution < -0.4 is 15.9 Å². The van der Waals surface area contributed by atoms with Crippen molar-refractivity contribution in [3.63, 3.8) is 0 Å². The number of amides is 1. The van der Waals surface area contributed by atoms with E-state index in [1.807, 2.05) is 24.3 Å². The highest BCUT2D eigenvalue weighted by Gasteiger charge is 2.23. The fourth-order valence-corrected chi connectivity index (χ4v) is 4.44. The summed E-state index contributed by atoms with van der Waals surface area (Å²) in [7, 11) is 0. The van der Waals surface area contributed by atoms with E-state index in [1.54, 1.807) is 11.5 Å². The molecule has 2 unspecified atom stereocenters. The van der Waals surface area contributed by atoms with Gasteiger partial charge in [0.15, 0.2) is 5.16 Å². The molecule has 0 bridgehead atoms. The van der Waals surface area contributed by atoms with Gasteiger partial charge >= 0.3 is 5.69 Å². The van der Waals surface area contributed by atoms with E-state index in [0.29, 0.717) is 11.7 Å².